The molecule has 88 heavy (non-hydrogen) atoms. The Hall–Kier alpha value is -4.43. The lowest BCUT2D eigenvalue weighted by molar-refractivity contribution is -0.159. The largest absolute Gasteiger partial charge is 0.473 e. The van der Waals surface area contributed by atoms with Crippen molar-refractivity contribution < 1.29 is 72.3 Å². The van der Waals surface area contributed by atoms with Crippen LogP contribution in [0.1, 0.15) is 125 Å². The van der Waals surface area contributed by atoms with Crippen molar-refractivity contribution in [2.24, 2.45) is 0 Å². The Labute approximate surface area is 558 Å². The zero-order valence-corrected chi connectivity index (χ0v) is 61.2. The van der Waals surface area contributed by atoms with Crippen LogP contribution in [0.2, 0.25) is 19.6 Å². The second kappa shape index (κ2) is 44.9. The van der Waals surface area contributed by atoms with Gasteiger partial charge in [0.1, 0.15) is 23.7 Å². The van der Waals surface area contributed by atoms with Gasteiger partial charge in [0.25, 0.3) is 0 Å². The van der Waals surface area contributed by atoms with Crippen molar-refractivity contribution in [2.75, 3.05) is 105 Å². The van der Waals surface area contributed by atoms with Crippen molar-refractivity contribution in [1.29, 1.82) is 0 Å². The first-order valence-electron chi connectivity index (χ1n) is 29.1. The topological polar surface area (TPSA) is 323 Å². The summed E-state index contributed by atoms with van der Waals surface area (Å²) in [6.07, 6.45) is 1.59. The van der Waals surface area contributed by atoms with E-state index in [4.69, 9.17) is 43.5 Å². The van der Waals surface area contributed by atoms with Gasteiger partial charge in [0.15, 0.2) is 0 Å². The number of carboxylic acid groups (broad SMARTS) is 2. The molecule has 0 saturated carbocycles. The third-order valence-electron chi connectivity index (χ3n) is 11.7. The van der Waals surface area contributed by atoms with E-state index in [0.29, 0.717) is 89.6 Å². The highest BCUT2D eigenvalue weighted by Crippen LogP contribution is 2.22. The van der Waals surface area contributed by atoms with Crippen LogP contribution in [0.4, 0.5) is 14.4 Å². The molecule has 6 N–H and O–H groups in total. The number of ether oxygens (including phenoxy) is 5. The quantitative estimate of drug-likeness (QED) is 0.0112. The summed E-state index contributed by atoms with van der Waals surface area (Å²) in [6, 6.07) is -2.69. The predicted molar refractivity (Wildman–Crippen MR) is 361 cm³/mol. The average Bonchev–Trinajstić information content (AvgIpc) is 3.44. The van der Waals surface area contributed by atoms with Crippen molar-refractivity contribution >= 4 is 132 Å². The molecule has 6 amide bonds. The highest BCUT2D eigenvalue weighted by Gasteiger charge is 2.30. The first-order chi connectivity index (χ1) is 41.4. The summed E-state index contributed by atoms with van der Waals surface area (Å²) < 4.78 is 26.1. The van der Waals surface area contributed by atoms with E-state index in [1.165, 1.54) is 9.80 Å². The van der Waals surface area contributed by atoms with Crippen LogP contribution in [0.15, 0.2) is 16.1 Å². The van der Waals surface area contributed by atoms with Crippen LogP contribution >= 0.6 is 78.4 Å². The number of urea groups is 3. The number of aromatic nitrogens is 3. The van der Waals surface area contributed by atoms with E-state index in [1.54, 1.807) is 73.9 Å². The Morgan fingerprint density at radius 1 is 0.670 bits per heavy atom. The number of carbonyl (C=O) groups excluding carboxylic acids is 6. The van der Waals surface area contributed by atoms with Gasteiger partial charge >= 0.3 is 47.9 Å². The Bertz CT molecular complexity index is 2520. The number of alkyl halides is 1. The van der Waals surface area contributed by atoms with Gasteiger partial charge in [0.05, 0.1) is 98.0 Å². The molecule has 3 saturated heterocycles. The van der Waals surface area contributed by atoms with Gasteiger partial charge in [0, 0.05) is 98.6 Å². The molecule has 32 heteroatoms. The zero-order valence-electron chi connectivity index (χ0n) is 53.4. The van der Waals surface area contributed by atoms with E-state index in [-0.39, 0.29) is 36.6 Å². The van der Waals surface area contributed by atoms with Gasteiger partial charge in [0.2, 0.25) is 0 Å². The highest BCUT2D eigenvalue weighted by molar-refractivity contribution is 14.1. The molecule has 3 aliphatic heterocycles. The molecule has 6 heterocycles. The number of halogens is 2. The number of amides is 6. The van der Waals surface area contributed by atoms with Crippen molar-refractivity contribution in [3.63, 3.8) is 0 Å². The van der Waals surface area contributed by atoms with Gasteiger partial charge in [-0.15, -0.1) is 55.8 Å². The molecule has 500 valence electrons. The summed E-state index contributed by atoms with van der Waals surface area (Å²) in [5, 5.41) is 35.2. The molecular formula is C56H95I2N11O15S3Si. The maximum atomic E-state index is 12.6. The third kappa shape index (κ3) is 36.4. The molecule has 0 aromatic carbocycles. The van der Waals surface area contributed by atoms with Crippen LogP contribution in [0.5, 0.6) is 0 Å². The molecule has 0 bridgehead atoms. The van der Waals surface area contributed by atoms with Gasteiger partial charge in [-0.3, -0.25) is 4.90 Å². The molecule has 0 unspecified atom stereocenters. The van der Waals surface area contributed by atoms with Crippen LogP contribution in [0.25, 0.3) is 0 Å². The number of morpholine rings is 2. The summed E-state index contributed by atoms with van der Waals surface area (Å²) in [6.45, 7) is 32.8. The fourth-order valence-electron chi connectivity index (χ4n) is 7.08. The number of hydrogen-bond acceptors (Lipinski definition) is 21. The van der Waals surface area contributed by atoms with Crippen LogP contribution in [-0.2, 0) is 67.3 Å². The summed E-state index contributed by atoms with van der Waals surface area (Å²) in [5.41, 5.74) is 1.94. The minimum Gasteiger partial charge on any atom is -0.473 e. The zero-order chi connectivity index (χ0) is 66.5. The van der Waals surface area contributed by atoms with Crippen LogP contribution in [0, 0.1) is 0 Å². The molecular weight excluding hydrogens is 1440 g/mol. The lowest BCUT2D eigenvalue weighted by atomic mass is 10.2. The van der Waals surface area contributed by atoms with Gasteiger partial charge in [-0.2, -0.15) is 0 Å². The second-order valence-electron chi connectivity index (χ2n) is 21.8. The number of esters is 3. The van der Waals surface area contributed by atoms with Crippen molar-refractivity contribution in [3.8, 4) is 0 Å². The first kappa shape index (κ1) is 81.6. The summed E-state index contributed by atoms with van der Waals surface area (Å²) >= 11 is 9.49. The first-order valence-corrected chi connectivity index (χ1v) is 39.9. The summed E-state index contributed by atoms with van der Waals surface area (Å²) in [7, 11) is 5.08. The molecule has 3 aromatic rings. The number of cyclic esters (lactones) is 1. The highest BCUT2D eigenvalue weighted by atomic mass is 127. The van der Waals surface area contributed by atoms with E-state index >= 15 is 0 Å². The number of carbonyl (C=O) groups is 8. The van der Waals surface area contributed by atoms with E-state index in [2.05, 4.69) is 147 Å². The normalized spacial score (nSPS) is 15.2. The minimum atomic E-state index is -1.82. The Morgan fingerprint density at radius 2 is 1.05 bits per heavy atom. The number of aliphatic carboxylic acids is 2. The van der Waals surface area contributed by atoms with Gasteiger partial charge in [-0.1, -0.05) is 83.8 Å². The van der Waals surface area contributed by atoms with E-state index in [1.807, 2.05) is 16.1 Å². The van der Waals surface area contributed by atoms with Gasteiger partial charge in [-0.05, 0) is 26.7 Å². The molecule has 3 aromatic heterocycles. The fourth-order valence-corrected chi connectivity index (χ4v) is 10.2. The van der Waals surface area contributed by atoms with Crippen molar-refractivity contribution in [2.45, 2.75) is 150 Å². The van der Waals surface area contributed by atoms with Crippen LogP contribution < -0.4 is 21.3 Å². The maximum Gasteiger partial charge on any atom is 0.414 e. The SMILES string of the molecule is C1COCCN1.CC(C)c1nc(CN(C)C(=O)N[C@H]2CCOC2=O)cs1.CCOC(=O)[C@H](CCI)NC(=O)N(C)Cc1csc(C(C)C)n1.CCOC(=O)[C@H](CCN1CCOCC1)NC(=O)N(C)Cc1csc(C(C)C)n1.C[Si](C)(C)I.O=C(O)C(=O)O. The second-order valence-corrected chi connectivity index (χ2v) is 39.4. The molecule has 0 radical (unpaired) electrons. The molecule has 0 spiro atoms. The molecule has 0 aliphatic carbocycles. The van der Waals surface area contributed by atoms with Crippen molar-refractivity contribution in [1.82, 2.24) is 55.8 Å². The lowest BCUT2D eigenvalue weighted by Gasteiger charge is -2.28. The fraction of sp³-hybridized carbons (Fsp3) is 0.696. The maximum absolute atomic E-state index is 12.6. The Morgan fingerprint density at radius 3 is 1.34 bits per heavy atom. The van der Waals surface area contributed by atoms with E-state index < -0.39 is 41.6 Å². The number of rotatable bonds is 21. The molecule has 26 nitrogen and oxygen atoms in total. The monoisotopic (exact) mass is 1540 g/mol. The molecule has 3 fully saturated rings. The van der Waals surface area contributed by atoms with Crippen LogP contribution in [-0.4, -0.2) is 221 Å². The van der Waals surface area contributed by atoms with Crippen molar-refractivity contribution in [3.05, 3.63) is 48.2 Å². The standard InChI is InChI=1S/C19H32N4O4S.C15H24IN3O3S.C13H19N3O3S.C4H9NO.C3H9ISi.C2H2O4/c1-5-27-18(24)16(6-7-23-8-10-26-11-9-23)21-19(25)22(4)12-15-13-28-17(20-15)14(2)3;1-5-22-14(20)12(6-7-16)18-15(21)19(4)8-11-9-23-13(17-11)10(2)3;1-8(2)11-14-9(7-20-11)6-16(3)13(18)15-10-4-5-19-12(10)17;1-3-6-4-2-5-1;1-5(2,3)4;3-1(4)2(5)6/h13-14,16H,5-12H2,1-4H3,(H,21,25);9-10,12H,5-8H2,1-4H3,(H,18,21);7-8,10H,4-6H2,1-3H3,(H,15,18);5H,1-4H2;1-3H3;(H,3,4)(H,5,6)/t16-;12-;10-;;;/m000.../s1. The van der Waals surface area contributed by atoms with E-state index in [9.17, 15) is 28.8 Å². The molecule has 3 atom stereocenters. The van der Waals surface area contributed by atoms with Gasteiger partial charge in [-0.25, -0.2) is 53.3 Å². The smallest absolute Gasteiger partial charge is 0.414 e. The number of thiazole rings is 3. The predicted octanol–water partition coefficient (Wildman–Crippen LogP) is 7.97. The Kier molecular flexibility index (Phi) is 41.7. The van der Waals surface area contributed by atoms with Crippen LogP contribution in [0.3, 0.4) is 0 Å². The molecule has 3 aliphatic rings. The van der Waals surface area contributed by atoms with E-state index in [0.717, 1.165) is 75.9 Å². The number of nitrogens with one attached hydrogen (secondary N) is 4. The average molecular weight is 1540 g/mol. The molecule has 6 rings (SSSR count). The number of carboxylic acids is 2. The number of nitrogens with zero attached hydrogens (tertiary/aromatic N) is 7. The Balaban J connectivity index is 0.000000584. The number of hydrogen-bond donors (Lipinski definition) is 6. The summed E-state index contributed by atoms with van der Waals surface area (Å²) in [4.78, 5) is 111. The lowest BCUT2D eigenvalue weighted by Crippen LogP contribution is -2.49. The minimum absolute atomic E-state index is 0.284. The third-order valence-corrected chi connectivity index (χ3v) is 15.9. The summed E-state index contributed by atoms with van der Waals surface area (Å²) in [5.74, 6) is -3.65. The van der Waals surface area contributed by atoms with Gasteiger partial charge < -0.3 is 69.9 Å².